The lowest BCUT2D eigenvalue weighted by Crippen LogP contribution is -2.40. The average Bonchev–Trinajstić information content (AvgIpc) is 3.43. The number of nitrogens with one attached hydrogen (secondary N) is 1. The van der Waals surface area contributed by atoms with Gasteiger partial charge in [0.05, 0.1) is 30.2 Å². The number of amides is 2. The van der Waals surface area contributed by atoms with Gasteiger partial charge in [-0.25, -0.2) is 4.98 Å². The molecule has 7 nitrogen and oxygen atoms in total. The third-order valence-electron chi connectivity index (χ3n) is 5.98. The normalized spacial score (nSPS) is 15.8. The van der Waals surface area contributed by atoms with E-state index in [-0.39, 0.29) is 24.4 Å². The molecule has 1 aliphatic rings. The third kappa shape index (κ3) is 4.61. The van der Waals surface area contributed by atoms with Gasteiger partial charge >= 0.3 is 0 Å². The molecule has 1 atom stereocenters. The van der Waals surface area contributed by atoms with Gasteiger partial charge in [-0.3, -0.25) is 9.59 Å². The van der Waals surface area contributed by atoms with Crippen molar-refractivity contribution >= 4 is 22.8 Å². The highest BCUT2D eigenvalue weighted by atomic mass is 16.5. The lowest BCUT2D eigenvalue weighted by atomic mass is 10.2. The number of unbranched alkanes of at least 4 members (excludes halogenated alkanes) is 1. The van der Waals surface area contributed by atoms with Crippen molar-refractivity contribution in [2.45, 2.75) is 38.6 Å². The van der Waals surface area contributed by atoms with E-state index < -0.39 is 0 Å². The molecule has 1 saturated heterocycles. The minimum Gasteiger partial charge on any atom is -0.494 e. The van der Waals surface area contributed by atoms with Crippen LogP contribution in [0.3, 0.4) is 0 Å². The summed E-state index contributed by atoms with van der Waals surface area (Å²) in [6.07, 6.45) is 3.86. The molecular weight excluding hydrogens is 404 g/mol. The van der Waals surface area contributed by atoms with Crippen LogP contribution in [0.4, 0.5) is 0 Å². The van der Waals surface area contributed by atoms with Gasteiger partial charge in [0, 0.05) is 19.2 Å². The molecule has 3 aromatic rings. The van der Waals surface area contributed by atoms with Crippen LogP contribution in [-0.4, -0.2) is 46.0 Å². The van der Waals surface area contributed by atoms with E-state index in [9.17, 15) is 9.59 Å². The molecule has 0 saturated carbocycles. The largest absolute Gasteiger partial charge is 0.494 e. The van der Waals surface area contributed by atoms with Crippen molar-refractivity contribution in [2.24, 2.45) is 7.05 Å². The summed E-state index contributed by atoms with van der Waals surface area (Å²) in [7, 11) is 1.99. The van der Waals surface area contributed by atoms with Crippen molar-refractivity contribution in [3.63, 3.8) is 0 Å². The summed E-state index contributed by atoms with van der Waals surface area (Å²) in [5.41, 5.74) is 2.49. The first kappa shape index (κ1) is 21.9. The fourth-order valence-electron chi connectivity index (χ4n) is 4.19. The first-order chi connectivity index (χ1) is 15.6. The highest BCUT2D eigenvalue weighted by Gasteiger charge is 2.33. The second-order valence-corrected chi connectivity index (χ2v) is 8.17. The van der Waals surface area contributed by atoms with Crippen LogP contribution in [-0.2, 0) is 11.8 Å². The van der Waals surface area contributed by atoms with Crippen molar-refractivity contribution in [1.82, 2.24) is 19.8 Å². The summed E-state index contributed by atoms with van der Waals surface area (Å²) in [5.74, 6) is 1.28. The van der Waals surface area contributed by atoms with Crippen molar-refractivity contribution < 1.29 is 14.3 Å². The van der Waals surface area contributed by atoms with Gasteiger partial charge in [0.25, 0.3) is 5.91 Å². The first-order valence-electron chi connectivity index (χ1n) is 11.3. The molecule has 4 rings (SSSR count). The molecule has 1 aliphatic heterocycles. The number of fused-ring (bicyclic) bond motifs is 1. The number of ether oxygens (including phenoxy) is 1. The molecule has 1 fully saturated rings. The number of likely N-dealkylation sites (tertiary alicyclic amines) is 1. The van der Waals surface area contributed by atoms with Gasteiger partial charge in [-0.05, 0) is 55.7 Å². The Morgan fingerprint density at radius 1 is 1.16 bits per heavy atom. The Hall–Kier alpha value is -3.35. The molecule has 1 N–H and O–H groups in total. The van der Waals surface area contributed by atoms with Crippen LogP contribution in [0, 0.1) is 0 Å². The Kier molecular flexibility index (Phi) is 6.73. The van der Waals surface area contributed by atoms with Crippen LogP contribution in [0.2, 0.25) is 0 Å². The molecule has 0 radical (unpaired) electrons. The van der Waals surface area contributed by atoms with E-state index in [1.165, 1.54) is 0 Å². The predicted molar refractivity (Wildman–Crippen MR) is 124 cm³/mol. The monoisotopic (exact) mass is 434 g/mol. The van der Waals surface area contributed by atoms with E-state index in [0.29, 0.717) is 18.7 Å². The Morgan fingerprint density at radius 2 is 1.94 bits per heavy atom. The second kappa shape index (κ2) is 9.85. The number of aryl methyl sites for hydroxylation is 1. The van der Waals surface area contributed by atoms with Crippen LogP contribution in [0.25, 0.3) is 11.0 Å². The highest BCUT2D eigenvalue weighted by Crippen LogP contribution is 2.32. The van der Waals surface area contributed by atoms with E-state index >= 15 is 0 Å². The fourth-order valence-corrected chi connectivity index (χ4v) is 4.19. The number of aromatic nitrogens is 2. The van der Waals surface area contributed by atoms with Gasteiger partial charge in [0.15, 0.2) is 0 Å². The lowest BCUT2D eigenvalue weighted by molar-refractivity contribution is -0.131. The number of rotatable bonds is 8. The van der Waals surface area contributed by atoms with Crippen molar-refractivity contribution in [1.29, 1.82) is 0 Å². The van der Waals surface area contributed by atoms with Crippen LogP contribution < -0.4 is 10.1 Å². The van der Waals surface area contributed by atoms with Gasteiger partial charge < -0.3 is 19.5 Å². The Bertz CT molecular complexity index is 1090. The summed E-state index contributed by atoms with van der Waals surface area (Å²) < 4.78 is 7.70. The second-order valence-electron chi connectivity index (χ2n) is 8.17. The molecule has 0 aliphatic carbocycles. The first-order valence-corrected chi connectivity index (χ1v) is 11.3. The van der Waals surface area contributed by atoms with E-state index in [4.69, 9.17) is 9.72 Å². The summed E-state index contributed by atoms with van der Waals surface area (Å²) in [5, 5.41) is 2.76. The third-order valence-corrected chi connectivity index (χ3v) is 5.98. The Labute approximate surface area is 188 Å². The number of benzene rings is 2. The minimum absolute atomic E-state index is 0.0337. The summed E-state index contributed by atoms with van der Waals surface area (Å²) in [6.45, 7) is 3.42. The SMILES string of the molecule is CCCCOc1ccc(C(=O)NCC(=O)N2CCCC2c2nc3ccccc3n2C)cc1. The Balaban J connectivity index is 1.37. The number of hydrogen-bond acceptors (Lipinski definition) is 4. The summed E-state index contributed by atoms with van der Waals surface area (Å²) in [4.78, 5) is 32.1. The molecule has 0 bridgehead atoms. The quantitative estimate of drug-likeness (QED) is 0.547. The number of imidazole rings is 1. The molecule has 2 aromatic carbocycles. The number of carbonyl (C=O) groups excluding carboxylic acids is 2. The van der Waals surface area contributed by atoms with Crippen molar-refractivity contribution in [2.75, 3.05) is 19.7 Å². The number of nitrogens with zero attached hydrogens (tertiary/aromatic N) is 3. The average molecular weight is 435 g/mol. The predicted octanol–water partition coefficient (Wildman–Crippen LogP) is 3.85. The van der Waals surface area contributed by atoms with Gasteiger partial charge in [-0.15, -0.1) is 0 Å². The van der Waals surface area contributed by atoms with E-state index in [0.717, 1.165) is 48.3 Å². The van der Waals surface area contributed by atoms with Gasteiger partial charge in [0.1, 0.15) is 11.6 Å². The summed E-state index contributed by atoms with van der Waals surface area (Å²) >= 11 is 0. The maximum atomic E-state index is 12.9. The molecule has 7 heteroatoms. The minimum atomic E-state index is -0.267. The van der Waals surface area contributed by atoms with Crippen LogP contribution >= 0.6 is 0 Å². The van der Waals surface area contributed by atoms with E-state index in [2.05, 4.69) is 16.8 Å². The number of carbonyl (C=O) groups is 2. The van der Waals surface area contributed by atoms with Gasteiger partial charge in [-0.2, -0.15) is 0 Å². The van der Waals surface area contributed by atoms with Crippen molar-refractivity contribution in [3.8, 4) is 5.75 Å². The zero-order valence-corrected chi connectivity index (χ0v) is 18.7. The van der Waals surface area contributed by atoms with Crippen LogP contribution in [0.15, 0.2) is 48.5 Å². The molecule has 2 heterocycles. The molecule has 1 aromatic heterocycles. The number of hydrogen-bond donors (Lipinski definition) is 1. The molecule has 1 unspecified atom stereocenters. The molecular formula is C25H30N4O3. The van der Waals surface area contributed by atoms with E-state index in [1.807, 2.05) is 36.2 Å². The summed E-state index contributed by atoms with van der Waals surface area (Å²) in [6, 6.07) is 14.9. The topological polar surface area (TPSA) is 76.5 Å². The lowest BCUT2D eigenvalue weighted by Gasteiger charge is -2.24. The number of para-hydroxylation sites is 2. The van der Waals surface area contributed by atoms with Crippen LogP contribution in [0.5, 0.6) is 5.75 Å². The highest BCUT2D eigenvalue weighted by molar-refractivity contribution is 5.96. The fraction of sp³-hybridized carbons (Fsp3) is 0.400. The van der Waals surface area contributed by atoms with Gasteiger partial charge in [0.2, 0.25) is 5.91 Å². The maximum absolute atomic E-state index is 12.9. The van der Waals surface area contributed by atoms with E-state index in [1.54, 1.807) is 24.3 Å². The molecule has 2 amide bonds. The maximum Gasteiger partial charge on any atom is 0.251 e. The Morgan fingerprint density at radius 3 is 2.69 bits per heavy atom. The molecule has 168 valence electrons. The van der Waals surface area contributed by atoms with Crippen molar-refractivity contribution in [3.05, 3.63) is 59.9 Å². The van der Waals surface area contributed by atoms with Gasteiger partial charge in [-0.1, -0.05) is 25.5 Å². The molecule has 32 heavy (non-hydrogen) atoms. The zero-order valence-electron chi connectivity index (χ0n) is 18.7. The standard InChI is InChI=1S/C25H30N4O3/c1-3-4-16-32-19-13-11-18(12-14-19)25(31)26-17-23(30)29-15-7-10-22(29)24-27-20-8-5-6-9-21(20)28(24)2/h5-6,8-9,11-14,22H,3-4,7,10,15-17H2,1-2H3,(H,26,31). The molecule has 0 spiro atoms. The van der Waals surface area contributed by atoms with Crippen LogP contribution in [0.1, 0.15) is 54.8 Å². The smallest absolute Gasteiger partial charge is 0.251 e. The zero-order chi connectivity index (χ0) is 22.5.